The Morgan fingerprint density at radius 3 is 2.48 bits per heavy atom. The molecule has 0 spiro atoms. The Kier molecular flexibility index (Phi) is 4.95. The summed E-state index contributed by atoms with van der Waals surface area (Å²) in [5.74, 6) is -1.50. The third-order valence-corrected chi connectivity index (χ3v) is 4.23. The number of carbonyl (C=O) groups is 2. The predicted molar refractivity (Wildman–Crippen MR) is 99.0 cm³/mol. The van der Waals surface area contributed by atoms with E-state index >= 15 is 0 Å². The zero-order valence-electron chi connectivity index (χ0n) is 15.9. The van der Waals surface area contributed by atoms with Crippen molar-refractivity contribution in [2.45, 2.75) is 59.2 Å². The van der Waals surface area contributed by atoms with E-state index in [4.69, 9.17) is 0 Å². The van der Waals surface area contributed by atoms with E-state index in [2.05, 4.69) is 15.7 Å². The molecular weight excluding hydrogens is 350 g/mol. The van der Waals surface area contributed by atoms with Crippen molar-refractivity contribution in [2.24, 2.45) is 5.92 Å². The van der Waals surface area contributed by atoms with Crippen LogP contribution in [-0.2, 0) is 6.54 Å². The molecule has 27 heavy (non-hydrogen) atoms. The van der Waals surface area contributed by atoms with Crippen LogP contribution in [0, 0.1) is 5.92 Å². The summed E-state index contributed by atoms with van der Waals surface area (Å²) in [7, 11) is 0. The average molecular weight is 375 g/mol. The highest BCUT2D eigenvalue weighted by Gasteiger charge is 2.30. The van der Waals surface area contributed by atoms with Crippen LogP contribution in [0.4, 0.5) is 0 Å². The first-order valence-electron chi connectivity index (χ1n) is 9.16. The minimum atomic E-state index is -0.633. The van der Waals surface area contributed by atoms with E-state index in [1.807, 2.05) is 27.7 Å². The molecule has 2 aromatic heterocycles. The fourth-order valence-electron chi connectivity index (χ4n) is 2.91. The molecule has 0 aliphatic heterocycles. The highest BCUT2D eigenvalue weighted by molar-refractivity contribution is 6.01. The summed E-state index contributed by atoms with van der Waals surface area (Å²) >= 11 is 0. The molecule has 2 heterocycles. The van der Waals surface area contributed by atoms with Crippen LogP contribution in [0.15, 0.2) is 11.0 Å². The molecule has 3 rings (SSSR count). The summed E-state index contributed by atoms with van der Waals surface area (Å²) in [5, 5.41) is 20.1. The second-order valence-corrected chi connectivity index (χ2v) is 7.68. The zero-order valence-corrected chi connectivity index (χ0v) is 15.9. The number of aromatic nitrogens is 3. The summed E-state index contributed by atoms with van der Waals surface area (Å²) in [6.07, 6.45) is 3.01. The number of rotatable bonds is 6. The van der Waals surface area contributed by atoms with Crippen molar-refractivity contribution >= 4 is 17.5 Å². The van der Waals surface area contributed by atoms with Gasteiger partial charge in [-0.05, 0) is 32.6 Å². The Morgan fingerprint density at radius 2 is 1.93 bits per heavy atom. The van der Waals surface area contributed by atoms with Gasteiger partial charge in [0.15, 0.2) is 11.2 Å². The maximum atomic E-state index is 13.0. The maximum Gasteiger partial charge on any atom is 0.270 e. The first-order valence-corrected chi connectivity index (χ1v) is 9.16. The van der Waals surface area contributed by atoms with Crippen molar-refractivity contribution in [3.05, 3.63) is 27.7 Å². The van der Waals surface area contributed by atoms with Gasteiger partial charge in [0.1, 0.15) is 5.56 Å². The third kappa shape index (κ3) is 3.67. The molecule has 0 saturated heterocycles. The Labute approximate surface area is 156 Å². The van der Waals surface area contributed by atoms with Crippen molar-refractivity contribution in [2.75, 3.05) is 0 Å². The van der Waals surface area contributed by atoms with E-state index < -0.39 is 23.3 Å². The molecule has 146 valence electrons. The summed E-state index contributed by atoms with van der Waals surface area (Å²) < 4.78 is 2.43. The van der Waals surface area contributed by atoms with Gasteiger partial charge in [0.2, 0.25) is 5.88 Å². The smallest absolute Gasteiger partial charge is 0.270 e. The minimum Gasteiger partial charge on any atom is -0.492 e. The van der Waals surface area contributed by atoms with Crippen LogP contribution < -0.4 is 16.2 Å². The molecule has 0 radical (unpaired) electrons. The summed E-state index contributed by atoms with van der Waals surface area (Å²) in [6.45, 7) is 7.76. The normalized spacial score (nSPS) is 14.1. The molecule has 1 aliphatic carbocycles. The van der Waals surface area contributed by atoms with E-state index in [1.165, 1.54) is 10.8 Å². The molecule has 0 bridgehead atoms. The standard InChI is InChI=1S/C18H25N5O4/c1-9(2)8-22-16-12(14(24)20-10(3)4)7-19-23(16)18(27)13(17(22)26)15(25)21-11-5-6-11/h7,9-11,27H,5-6,8H2,1-4H3,(H,20,24)(H,21,25). The maximum absolute atomic E-state index is 13.0. The van der Waals surface area contributed by atoms with Gasteiger partial charge in [-0.2, -0.15) is 9.61 Å². The monoisotopic (exact) mass is 375 g/mol. The summed E-state index contributed by atoms with van der Waals surface area (Å²) in [6, 6.07) is -0.0644. The van der Waals surface area contributed by atoms with Gasteiger partial charge >= 0.3 is 0 Å². The van der Waals surface area contributed by atoms with Crippen LogP contribution in [0.25, 0.3) is 5.65 Å². The van der Waals surface area contributed by atoms with E-state index in [9.17, 15) is 19.5 Å². The molecule has 1 saturated carbocycles. The Bertz CT molecular complexity index is 953. The second kappa shape index (κ2) is 7.05. The van der Waals surface area contributed by atoms with Crippen molar-refractivity contribution < 1.29 is 14.7 Å². The number of nitrogens with one attached hydrogen (secondary N) is 2. The van der Waals surface area contributed by atoms with Gasteiger partial charge in [0, 0.05) is 18.6 Å². The van der Waals surface area contributed by atoms with Gasteiger partial charge in [-0.3, -0.25) is 19.0 Å². The van der Waals surface area contributed by atoms with Gasteiger partial charge in [0.05, 0.1) is 6.20 Å². The van der Waals surface area contributed by atoms with E-state index in [0.29, 0.717) is 0 Å². The van der Waals surface area contributed by atoms with Crippen LogP contribution in [0.2, 0.25) is 0 Å². The van der Waals surface area contributed by atoms with Crippen molar-refractivity contribution in [3.63, 3.8) is 0 Å². The number of carbonyl (C=O) groups excluding carboxylic acids is 2. The summed E-state index contributed by atoms with van der Waals surface area (Å²) in [5.41, 5.74) is -0.641. The van der Waals surface area contributed by atoms with Crippen LogP contribution in [-0.4, -0.2) is 43.2 Å². The predicted octanol–water partition coefficient (Wildman–Crippen LogP) is 0.888. The molecule has 2 aromatic rings. The van der Waals surface area contributed by atoms with E-state index in [1.54, 1.807) is 0 Å². The molecular formula is C18H25N5O4. The molecule has 3 N–H and O–H groups in total. The molecule has 1 fully saturated rings. The van der Waals surface area contributed by atoms with Crippen molar-refractivity contribution in [1.29, 1.82) is 0 Å². The van der Waals surface area contributed by atoms with Crippen molar-refractivity contribution in [1.82, 2.24) is 24.8 Å². The minimum absolute atomic E-state index is 0.0375. The Morgan fingerprint density at radius 1 is 1.26 bits per heavy atom. The van der Waals surface area contributed by atoms with Gasteiger partial charge < -0.3 is 15.7 Å². The summed E-state index contributed by atoms with van der Waals surface area (Å²) in [4.78, 5) is 38.1. The lowest BCUT2D eigenvalue weighted by Crippen LogP contribution is -2.37. The van der Waals surface area contributed by atoms with Crippen LogP contribution in [0.1, 0.15) is 61.3 Å². The molecule has 0 unspecified atom stereocenters. The third-order valence-electron chi connectivity index (χ3n) is 4.23. The highest BCUT2D eigenvalue weighted by atomic mass is 16.3. The fraction of sp³-hybridized carbons (Fsp3) is 0.556. The lowest BCUT2D eigenvalue weighted by Gasteiger charge is -2.16. The second-order valence-electron chi connectivity index (χ2n) is 7.68. The average Bonchev–Trinajstić information content (AvgIpc) is 3.24. The number of hydrogen-bond acceptors (Lipinski definition) is 5. The molecule has 9 heteroatoms. The van der Waals surface area contributed by atoms with Crippen molar-refractivity contribution in [3.8, 4) is 5.88 Å². The first kappa shape index (κ1) is 18.9. The zero-order chi connectivity index (χ0) is 19.9. The number of hydrogen-bond donors (Lipinski definition) is 3. The number of fused-ring (bicyclic) bond motifs is 1. The van der Waals surface area contributed by atoms with Gasteiger partial charge in [-0.25, -0.2) is 0 Å². The Balaban J connectivity index is 2.21. The number of aromatic hydroxyl groups is 1. The highest BCUT2D eigenvalue weighted by Crippen LogP contribution is 2.23. The van der Waals surface area contributed by atoms with E-state index in [0.717, 1.165) is 17.4 Å². The van der Waals surface area contributed by atoms with Crippen LogP contribution >= 0.6 is 0 Å². The molecule has 2 amide bonds. The molecule has 0 atom stereocenters. The SMILES string of the molecule is CC(C)Cn1c(=O)c(C(=O)NC2CC2)c(O)n2ncc(C(=O)NC(C)C)c12. The van der Waals surface area contributed by atoms with Gasteiger partial charge in [-0.15, -0.1) is 0 Å². The quantitative estimate of drug-likeness (QED) is 0.693. The number of nitrogens with zero attached hydrogens (tertiary/aromatic N) is 3. The van der Waals surface area contributed by atoms with Crippen LogP contribution in [0.5, 0.6) is 5.88 Å². The molecule has 9 nitrogen and oxygen atoms in total. The van der Waals surface area contributed by atoms with Gasteiger partial charge in [0.25, 0.3) is 17.4 Å². The molecule has 1 aliphatic rings. The topological polar surface area (TPSA) is 118 Å². The fourth-order valence-corrected chi connectivity index (χ4v) is 2.91. The van der Waals surface area contributed by atoms with E-state index in [-0.39, 0.29) is 41.3 Å². The largest absolute Gasteiger partial charge is 0.492 e. The first-order chi connectivity index (χ1) is 12.7. The number of amides is 2. The lowest BCUT2D eigenvalue weighted by atomic mass is 10.2. The lowest BCUT2D eigenvalue weighted by molar-refractivity contribution is 0.0937. The van der Waals surface area contributed by atoms with Gasteiger partial charge in [-0.1, -0.05) is 13.8 Å². The molecule has 0 aromatic carbocycles. The van der Waals surface area contributed by atoms with Crippen LogP contribution in [0.3, 0.4) is 0 Å². The Hall–Kier alpha value is -2.84.